The molecule has 0 saturated carbocycles. The molecule has 3 unspecified atom stereocenters. The van der Waals surface area contributed by atoms with Gasteiger partial charge in [0.15, 0.2) is 5.56 Å². The van der Waals surface area contributed by atoms with Gasteiger partial charge < -0.3 is 4.55 Å². The van der Waals surface area contributed by atoms with Crippen molar-refractivity contribution in [1.82, 2.24) is 0 Å². The van der Waals surface area contributed by atoms with Gasteiger partial charge in [-0.1, -0.05) is 48.4 Å². The summed E-state index contributed by atoms with van der Waals surface area (Å²) in [7, 11) is 0. The van der Waals surface area contributed by atoms with Gasteiger partial charge in [-0.15, -0.1) is 0 Å². The Morgan fingerprint density at radius 2 is 1.93 bits per heavy atom. The van der Waals surface area contributed by atoms with Crippen molar-refractivity contribution < 1.29 is 12.9 Å². The van der Waals surface area contributed by atoms with Gasteiger partial charge in [0.25, 0.3) is 0 Å². The summed E-state index contributed by atoms with van der Waals surface area (Å²) in [6.07, 6.45) is 0. The number of rotatable bonds is 4. The summed E-state index contributed by atoms with van der Waals surface area (Å²) >= 11 is 3.21. The van der Waals surface area contributed by atoms with Crippen LogP contribution in [0.25, 0.3) is 0 Å². The van der Waals surface area contributed by atoms with E-state index >= 15 is 0 Å². The van der Waals surface area contributed by atoms with Gasteiger partial charge in [-0.25, -0.2) is 4.21 Å². The standard InChI is InChI=1S/C10H13ClO3S/c1-7-3-5-9(6-4-7)8(2)10(11)14-15(12)13/h3-6,8,10H,1-2H3,(H,12,13)/p-1. The third kappa shape index (κ3) is 3.91. The Balaban J connectivity index is 2.71. The number of benzene rings is 1. The van der Waals surface area contributed by atoms with Crippen molar-refractivity contribution in [3.63, 3.8) is 0 Å². The van der Waals surface area contributed by atoms with Crippen LogP contribution < -0.4 is 0 Å². The number of aryl methyl sites for hydroxylation is 1. The zero-order valence-corrected chi connectivity index (χ0v) is 10.0. The van der Waals surface area contributed by atoms with E-state index in [0.29, 0.717) is 0 Å². The second-order valence-electron chi connectivity index (χ2n) is 3.35. The van der Waals surface area contributed by atoms with E-state index in [4.69, 9.17) is 11.6 Å². The molecule has 0 heterocycles. The van der Waals surface area contributed by atoms with E-state index in [0.717, 1.165) is 11.1 Å². The summed E-state index contributed by atoms with van der Waals surface area (Å²) in [6, 6.07) is 7.71. The molecule has 1 rings (SSSR count). The smallest absolute Gasteiger partial charge is 0.153 e. The van der Waals surface area contributed by atoms with E-state index in [9.17, 15) is 8.76 Å². The third-order valence-electron chi connectivity index (χ3n) is 2.17. The Morgan fingerprint density at radius 3 is 2.40 bits per heavy atom. The van der Waals surface area contributed by atoms with E-state index in [1.165, 1.54) is 0 Å². The Morgan fingerprint density at radius 1 is 1.40 bits per heavy atom. The SMILES string of the molecule is Cc1ccc(C(C)C(Cl)OS(=O)[O-])cc1. The van der Waals surface area contributed by atoms with Crippen LogP contribution in [0.15, 0.2) is 24.3 Å². The second-order valence-corrected chi connectivity index (χ2v) is 4.38. The van der Waals surface area contributed by atoms with Crippen molar-refractivity contribution in [2.24, 2.45) is 0 Å². The lowest BCUT2D eigenvalue weighted by Crippen LogP contribution is -2.15. The van der Waals surface area contributed by atoms with Crippen molar-refractivity contribution in [3.8, 4) is 0 Å². The first-order chi connectivity index (χ1) is 7.00. The van der Waals surface area contributed by atoms with Gasteiger partial charge in [-0.2, -0.15) is 0 Å². The molecule has 0 aromatic heterocycles. The summed E-state index contributed by atoms with van der Waals surface area (Å²) in [6.45, 7) is 3.80. The Labute approximate surface area is 96.9 Å². The molecule has 0 spiro atoms. The lowest BCUT2D eigenvalue weighted by Gasteiger charge is -2.19. The molecule has 0 aliphatic carbocycles. The molecule has 3 atom stereocenters. The van der Waals surface area contributed by atoms with Gasteiger partial charge >= 0.3 is 0 Å². The zero-order valence-electron chi connectivity index (χ0n) is 8.48. The van der Waals surface area contributed by atoms with Crippen molar-refractivity contribution in [2.75, 3.05) is 0 Å². The highest BCUT2D eigenvalue weighted by Gasteiger charge is 2.17. The molecule has 3 nitrogen and oxygen atoms in total. The van der Waals surface area contributed by atoms with Crippen molar-refractivity contribution in [2.45, 2.75) is 25.3 Å². The van der Waals surface area contributed by atoms with E-state index in [1.54, 1.807) is 0 Å². The van der Waals surface area contributed by atoms with Crippen LogP contribution in [0.4, 0.5) is 0 Å². The van der Waals surface area contributed by atoms with Gasteiger partial charge in [-0.05, 0) is 12.5 Å². The molecule has 1 aromatic rings. The number of alkyl halides is 1. The zero-order chi connectivity index (χ0) is 11.4. The molecule has 0 bridgehead atoms. The van der Waals surface area contributed by atoms with Crippen LogP contribution in [0.3, 0.4) is 0 Å². The molecule has 0 radical (unpaired) electrons. The Bertz CT molecular complexity index is 339. The van der Waals surface area contributed by atoms with E-state index in [2.05, 4.69) is 4.18 Å². The predicted octanol–water partition coefficient (Wildman–Crippen LogP) is 2.47. The second kappa shape index (κ2) is 5.61. The van der Waals surface area contributed by atoms with E-state index < -0.39 is 16.9 Å². The van der Waals surface area contributed by atoms with Crippen molar-refractivity contribution in [1.29, 1.82) is 0 Å². The summed E-state index contributed by atoms with van der Waals surface area (Å²) in [5, 5.41) is 0. The molecule has 0 N–H and O–H groups in total. The fourth-order valence-electron chi connectivity index (χ4n) is 1.18. The molecule has 0 fully saturated rings. The molecule has 5 heteroatoms. The van der Waals surface area contributed by atoms with Crippen LogP contribution in [-0.2, 0) is 15.5 Å². The molecular formula is C10H12ClO3S-. The topological polar surface area (TPSA) is 49.4 Å². The van der Waals surface area contributed by atoms with Gasteiger partial charge in [0.05, 0.1) is 11.4 Å². The Hall–Kier alpha value is -0.420. The quantitative estimate of drug-likeness (QED) is 0.607. The summed E-state index contributed by atoms with van der Waals surface area (Å²) in [5.74, 6) is -0.176. The highest BCUT2D eigenvalue weighted by molar-refractivity contribution is 7.74. The maximum atomic E-state index is 10.3. The molecule has 0 aliphatic rings. The molecule has 84 valence electrons. The third-order valence-corrected chi connectivity index (χ3v) is 3.10. The highest BCUT2D eigenvalue weighted by Crippen LogP contribution is 2.24. The first kappa shape index (κ1) is 12.6. The molecule has 0 aliphatic heterocycles. The average Bonchev–Trinajstić information content (AvgIpc) is 2.17. The molecule has 15 heavy (non-hydrogen) atoms. The maximum absolute atomic E-state index is 10.3. The monoisotopic (exact) mass is 247 g/mol. The lowest BCUT2D eigenvalue weighted by atomic mass is 10.0. The lowest BCUT2D eigenvalue weighted by molar-refractivity contribution is 0.248. The van der Waals surface area contributed by atoms with Crippen LogP contribution in [0.5, 0.6) is 0 Å². The first-order valence-corrected chi connectivity index (χ1v) is 5.91. The van der Waals surface area contributed by atoms with Crippen LogP contribution in [0, 0.1) is 6.92 Å². The van der Waals surface area contributed by atoms with Crippen LogP contribution in [-0.4, -0.2) is 14.3 Å². The fraction of sp³-hybridized carbons (Fsp3) is 0.400. The summed E-state index contributed by atoms with van der Waals surface area (Å²) in [4.78, 5) is 0. The minimum Gasteiger partial charge on any atom is -0.750 e. The van der Waals surface area contributed by atoms with Crippen LogP contribution >= 0.6 is 11.6 Å². The number of hydrogen-bond acceptors (Lipinski definition) is 3. The number of halogens is 1. The van der Waals surface area contributed by atoms with Gasteiger partial charge in [0.2, 0.25) is 0 Å². The molecule has 0 saturated heterocycles. The average molecular weight is 248 g/mol. The minimum atomic E-state index is -2.58. The Kier molecular flexibility index (Phi) is 4.73. The minimum absolute atomic E-state index is 0.176. The maximum Gasteiger partial charge on any atom is 0.153 e. The predicted molar refractivity (Wildman–Crippen MR) is 59.2 cm³/mol. The summed E-state index contributed by atoms with van der Waals surface area (Å²) in [5.41, 5.74) is 1.22. The van der Waals surface area contributed by atoms with Crippen LogP contribution in [0.2, 0.25) is 0 Å². The molecule has 1 aromatic carbocycles. The van der Waals surface area contributed by atoms with Crippen LogP contribution in [0.1, 0.15) is 24.0 Å². The normalized spacial score (nSPS) is 17.1. The first-order valence-electron chi connectivity index (χ1n) is 4.47. The number of hydrogen-bond donors (Lipinski definition) is 0. The molecule has 0 amide bonds. The van der Waals surface area contributed by atoms with Crippen molar-refractivity contribution >= 4 is 23.0 Å². The van der Waals surface area contributed by atoms with Gasteiger partial charge in [-0.3, -0.25) is 4.18 Å². The highest BCUT2D eigenvalue weighted by atomic mass is 35.5. The van der Waals surface area contributed by atoms with E-state index in [-0.39, 0.29) is 5.92 Å². The van der Waals surface area contributed by atoms with Gasteiger partial charge in [0, 0.05) is 5.92 Å². The molecular weight excluding hydrogens is 236 g/mol. The summed E-state index contributed by atoms with van der Waals surface area (Å²) < 4.78 is 25.1. The largest absolute Gasteiger partial charge is 0.750 e. The van der Waals surface area contributed by atoms with Crippen molar-refractivity contribution in [3.05, 3.63) is 35.4 Å². The van der Waals surface area contributed by atoms with Gasteiger partial charge in [0.1, 0.15) is 0 Å². The van der Waals surface area contributed by atoms with E-state index in [1.807, 2.05) is 38.1 Å². The fourth-order valence-corrected chi connectivity index (χ4v) is 1.82.